The average Bonchev–Trinajstić information content (AvgIpc) is 2.79. The summed E-state index contributed by atoms with van der Waals surface area (Å²) < 4.78 is 0. The van der Waals surface area contributed by atoms with Gasteiger partial charge < -0.3 is 5.11 Å². The Balaban J connectivity index is 1.75. The van der Waals surface area contributed by atoms with Gasteiger partial charge in [-0.15, -0.1) is 0 Å². The van der Waals surface area contributed by atoms with E-state index in [9.17, 15) is 4.79 Å². The molecule has 104 valence electrons. The van der Waals surface area contributed by atoms with Gasteiger partial charge in [0.2, 0.25) is 0 Å². The fourth-order valence-corrected chi connectivity index (χ4v) is 2.94. The van der Waals surface area contributed by atoms with Crippen molar-refractivity contribution in [2.24, 2.45) is 11.8 Å². The summed E-state index contributed by atoms with van der Waals surface area (Å²) in [5.41, 5.74) is 1.99. The third-order valence-electron chi connectivity index (χ3n) is 4.05. The molecule has 3 rings (SSSR count). The highest BCUT2D eigenvalue weighted by Crippen LogP contribution is 2.24. The molecular formula is C16H18N2O2. The number of pyridine rings is 1. The van der Waals surface area contributed by atoms with Gasteiger partial charge in [-0.05, 0) is 18.1 Å². The van der Waals surface area contributed by atoms with Crippen LogP contribution < -0.4 is 0 Å². The monoisotopic (exact) mass is 270 g/mol. The number of hydrogen-bond donors (Lipinski definition) is 1. The van der Waals surface area contributed by atoms with Crippen molar-refractivity contribution in [2.75, 3.05) is 13.1 Å². The predicted molar refractivity (Wildman–Crippen MR) is 77.3 cm³/mol. The molecule has 2 aromatic rings. The highest BCUT2D eigenvalue weighted by molar-refractivity contribution is 5.78. The molecule has 0 unspecified atom stereocenters. The van der Waals surface area contributed by atoms with Gasteiger partial charge in [0.25, 0.3) is 0 Å². The van der Waals surface area contributed by atoms with E-state index in [0.717, 1.165) is 29.7 Å². The molecule has 1 N–H and O–H groups in total. The van der Waals surface area contributed by atoms with Crippen LogP contribution in [0.4, 0.5) is 0 Å². The second-order valence-electron chi connectivity index (χ2n) is 5.61. The van der Waals surface area contributed by atoms with E-state index < -0.39 is 5.97 Å². The van der Waals surface area contributed by atoms with Crippen molar-refractivity contribution in [2.45, 2.75) is 13.5 Å². The predicted octanol–water partition coefficient (Wildman–Crippen LogP) is 2.39. The van der Waals surface area contributed by atoms with Crippen LogP contribution in [0.5, 0.6) is 0 Å². The first-order valence-electron chi connectivity index (χ1n) is 6.93. The zero-order chi connectivity index (χ0) is 14.1. The van der Waals surface area contributed by atoms with Crippen LogP contribution >= 0.6 is 0 Å². The van der Waals surface area contributed by atoms with Gasteiger partial charge in [-0.2, -0.15) is 0 Å². The van der Waals surface area contributed by atoms with Crippen LogP contribution in [0.15, 0.2) is 36.4 Å². The molecule has 1 saturated heterocycles. The van der Waals surface area contributed by atoms with E-state index in [1.54, 1.807) is 0 Å². The second kappa shape index (κ2) is 5.21. The van der Waals surface area contributed by atoms with Gasteiger partial charge in [-0.3, -0.25) is 14.7 Å². The molecule has 1 aromatic heterocycles. The Hall–Kier alpha value is -1.94. The lowest BCUT2D eigenvalue weighted by Gasteiger charge is -2.14. The molecular weight excluding hydrogens is 252 g/mol. The van der Waals surface area contributed by atoms with Crippen LogP contribution in [0.2, 0.25) is 0 Å². The molecule has 0 aliphatic carbocycles. The normalized spacial score (nSPS) is 23.2. The Labute approximate surface area is 118 Å². The molecule has 1 aromatic carbocycles. The first-order valence-corrected chi connectivity index (χ1v) is 6.93. The minimum atomic E-state index is -0.688. The summed E-state index contributed by atoms with van der Waals surface area (Å²) in [6.07, 6.45) is 0. The highest BCUT2D eigenvalue weighted by Gasteiger charge is 2.34. The number of aromatic nitrogens is 1. The molecule has 4 heteroatoms. The lowest BCUT2D eigenvalue weighted by molar-refractivity contribution is -0.142. The fraction of sp³-hybridized carbons (Fsp3) is 0.375. The molecule has 2 atom stereocenters. The van der Waals surface area contributed by atoms with Crippen LogP contribution in [0.25, 0.3) is 10.9 Å². The van der Waals surface area contributed by atoms with E-state index in [1.807, 2.05) is 37.3 Å². The van der Waals surface area contributed by atoms with E-state index >= 15 is 0 Å². The topological polar surface area (TPSA) is 53.4 Å². The van der Waals surface area contributed by atoms with E-state index in [-0.39, 0.29) is 11.8 Å². The van der Waals surface area contributed by atoms with E-state index in [0.29, 0.717) is 6.54 Å². The van der Waals surface area contributed by atoms with Crippen LogP contribution in [0.3, 0.4) is 0 Å². The molecule has 0 saturated carbocycles. The molecule has 20 heavy (non-hydrogen) atoms. The van der Waals surface area contributed by atoms with Crippen molar-refractivity contribution in [3.8, 4) is 0 Å². The Morgan fingerprint density at radius 2 is 2.10 bits per heavy atom. The van der Waals surface area contributed by atoms with Crippen molar-refractivity contribution in [1.82, 2.24) is 9.88 Å². The minimum absolute atomic E-state index is 0.202. The van der Waals surface area contributed by atoms with Crippen molar-refractivity contribution < 1.29 is 9.90 Å². The number of likely N-dealkylation sites (tertiary alicyclic amines) is 1. The maximum atomic E-state index is 11.1. The van der Waals surface area contributed by atoms with E-state index in [1.165, 1.54) is 0 Å². The summed E-state index contributed by atoms with van der Waals surface area (Å²) in [4.78, 5) is 18.0. The van der Waals surface area contributed by atoms with Gasteiger partial charge in [0.05, 0.1) is 17.1 Å². The number of aliphatic carboxylic acids is 1. The maximum absolute atomic E-state index is 11.1. The third-order valence-corrected chi connectivity index (χ3v) is 4.05. The summed E-state index contributed by atoms with van der Waals surface area (Å²) in [6, 6.07) is 12.1. The minimum Gasteiger partial charge on any atom is -0.481 e. The Kier molecular flexibility index (Phi) is 3.40. The number of rotatable bonds is 3. The molecule has 1 aliphatic heterocycles. The smallest absolute Gasteiger partial charge is 0.308 e. The average molecular weight is 270 g/mol. The standard InChI is InChI=1S/C16H18N2O2/c1-11-8-18(10-14(11)16(19)20)9-13-7-6-12-4-2-3-5-15(12)17-13/h2-7,11,14H,8-10H2,1H3,(H,19,20)/t11-,14-/m1/s1. The molecule has 1 fully saturated rings. The van der Waals surface area contributed by atoms with Gasteiger partial charge in [0, 0.05) is 25.0 Å². The van der Waals surface area contributed by atoms with Gasteiger partial charge in [0.1, 0.15) is 0 Å². The SMILES string of the molecule is C[C@@H]1CN(Cc2ccc3ccccc3n2)C[C@H]1C(=O)O. The summed E-state index contributed by atoms with van der Waals surface area (Å²) >= 11 is 0. The summed E-state index contributed by atoms with van der Waals surface area (Å²) in [5, 5.41) is 10.3. The number of benzene rings is 1. The van der Waals surface area contributed by atoms with Crippen LogP contribution in [-0.2, 0) is 11.3 Å². The number of nitrogens with zero attached hydrogens (tertiary/aromatic N) is 2. The largest absolute Gasteiger partial charge is 0.481 e. The van der Waals surface area contributed by atoms with Crippen LogP contribution in [-0.4, -0.2) is 34.0 Å². The van der Waals surface area contributed by atoms with Gasteiger partial charge in [-0.1, -0.05) is 31.2 Å². The van der Waals surface area contributed by atoms with Crippen molar-refractivity contribution in [1.29, 1.82) is 0 Å². The second-order valence-corrected chi connectivity index (χ2v) is 5.61. The van der Waals surface area contributed by atoms with Crippen LogP contribution in [0, 0.1) is 11.8 Å². The number of carboxylic acids is 1. The Morgan fingerprint density at radius 3 is 2.85 bits per heavy atom. The van der Waals surface area contributed by atoms with E-state index in [4.69, 9.17) is 5.11 Å². The zero-order valence-corrected chi connectivity index (χ0v) is 11.5. The van der Waals surface area contributed by atoms with Crippen LogP contribution in [0.1, 0.15) is 12.6 Å². The number of fused-ring (bicyclic) bond motifs is 1. The molecule has 0 radical (unpaired) electrons. The van der Waals surface area contributed by atoms with Crippen molar-refractivity contribution >= 4 is 16.9 Å². The third kappa shape index (κ3) is 2.51. The lowest BCUT2D eigenvalue weighted by Crippen LogP contribution is -2.23. The van der Waals surface area contributed by atoms with Crippen molar-refractivity contribution in [3.63, 3.8) is 0 Å². The number of para-hydroxylation sites is 1. The van der Waals surface area contributed by atoms with Crippen molar-refractivity contribution in [3.05, 3.63) is 42.1 Å². The molecule has 4 nitrogen and oxygen atoms in total. The number of carboxylic acid groups (broad SMARTS) is 1. The summed E-state index contributed by atoms with van der Waals surface area (Å²) in [7, 11) is 0. The van der Waals surface area contributed by atoms with Gasteiger partial charge in [-0.25, -0.2) is 0 Å². The summed E-state index contributed by atoms with van der Waals surface area (Å²) in [5.74, 6) is -0.741. The zero-order valence-electron chi connectivity index (χ0n) is 11.5. The van der Waals surface area contributed by atoms with E-state index in [2.05, 4.69) is 16.0 Å². The Bertz CT molecular complexity index is 641. The quantitative estimate of drug-likeness (QED) is 0.930. The van der Waals surface area contributed by atoms with Gasteiger partial charge >= 0.3 is 5.97 Å². The molecule has 0 amide bonds. The number of carbonyl (C=O) groups is 1. The van der Waals surface area contributed by atoms with Gasteiger partial charge in [0.15, 0.2) is 0 Å². The lowest BCUT2D eigenvalue weighted by atomic mass is 9.99. The first kappa shape index (κ1) is 13.1. The first-order chi connectivity index (χ1) is 9.63. The molecule has 0 spiro atoms. The number of hydrogen-bond acceptors (Lipinski definition) is 3. The maximum Gasteiger partial charge on any atom is 0.308 e. The fourth-order valence-electron chi connectivity index (χ4n) is 2.94. The highest BCUT2D eigenvalue weighted by atomic mass is 16.4. The molecule has 2 heterocycles. The Morgan fingerprint density at radius 1 is 1.30 bits per heavy atom. The summed E-state index contributed by atoms with van der Waals surface area (Å²) in [6.45, 7) is 4.17. The molecule has 1 aliphatic rings. The molecule has 0 bridgehead atoms.